The molecule has 0 bridgehead atoms. The van der Waals surface area contributed by atoms with Crippen LogP contribution in [0.1, 0.15) is 5.56 Å². The highest BCUT2D eigenvalue weighted by Crippen LogP contribution is 2.11. The molecule has 0 saturated carbocycles. The number of methoxy groups -OCH3 is 1. The highest BCUT2D eigenvalue weighted by molar-refractivity contribution is 5.72. The van der Waals surface area contributed by atoms with Crippen LogP contribution in [0.25, 0.3) is 11.6 Å². The minimum atomic E-state index is 0.126. The summed E-state index contributed by atoms with van der Waals surface area (Å²) >= 11 is 0. The SMILES string of the molecule is COc1ccc(C=c2ccc(=C(C#N)C#N)cc2)cc1. The van der Waals surface area contributed by atoms with Crippen LogP contribution in [0.5, 0.6) is 5.75 Å². The van der Waals surface area contributed by atoms with Crippen molar-refractivity contribution in [2.24, 2.45) is 0 Å². The van der Waals surface area contributed by atoms with Gasteiger partial charge in [0.25, 0.3) is 0 Å². The smallest absolute Gasteiger partial charge is 0.136 e. The van der Waals surface area contributed by atoms with Crippen molar-refractivity contribution in [2.45, 2.75) is 0 Å². The maximum absolute atomic E-state index is 8.80. The third kappa shape index (κ3) is 3.04. The average Bonchev–Trinajstić information content (AvgIpc) is 2.51. The van der Waals surface area contributed by atoms with Gasteiger partial charge >= 0.3 is 0 Å². The topological polar surface area (TPSA) is 56.8 Å². The van der Waals surface area contributed by atoms with Gasteiger partial charge < -0.3 is 4.74 Å². The quantitative estimate of drug-likeness (QED) is 0.826. The van der Waals surface area contributed by atoms with Gasteiger partial charge in [0, 0.05) is 5.22 Å². The summed E-state index contributed by atoms with van der Waals surface area (Å²) in [6.07, 6.45) is 2.02. The molecule has 0 atom stereocenters. The van der Waals surface area contributed by atoms with Gasteiger partial charge in [0.2, 0.25) is 0 Å². The summed E-state index contributed by atoms with van der Waals surface area (Å²) in [7, 11) is 1.63. The van der Waals surface area contributed by atoms with Gasteiger partial charge in [0.05, 0.1) is 7.11 Å². The molecule has 0 fully saturated rings. The Kier molecular flexibility index (Phi) is 4.17. The van der Waals surface area contributed by atoms with Crippen LogP contribution in [-0.2, 0) is 0 Å². The Morgan fingerprint density at radius 3 is 2.05 bits per heavy atom. The lowest BCUT2D eigenvalue weighted by molar-refractivity contribution is 0.415. The first-order valence-corrected chi connectivity index (χ1v) is 6.03. The van der Waals surface area contributed by atoms with E-state index in [9.17, 15) is 0 Å². The summed E-state index contributed by atoms with van der Waals surface area (Å²) in [6, 6.07) is 18.8. The number of rotatable bonds is 2. The Hall–Kier alpha value is -3.04. The second kappa shape index (κ2) is 6.22. The second-order valence-electron chi connectivity index (χ2n) is 4.14. The van der Waals surface area contributed by atoms with Crippen LogP contribution in [0.4, 0.5) is 0 Å². The van der Waals surface area contributed by atoms with Crippen molar-refractivity contribution in [1.82, 2.24) is 0 Å². The molecule has 3 heteroatoms. The standard InChI is InChI=1S/C17H12N2O/c1-20-17-8-4-14(5-9-17)10-13-2-6-15(7-3-13)16(11-18)12-19/h2-10H,1H3. The van der Waals surface area contributed by atoms with E-state index in [4.69, 9.17) is 15.3 Å². The van der Waals surface area contributed by atoms with Crippen LogP contribution in [0.2, 0.25) is 0 Å². The first-order chi connectivity index (χ1) is 9.76. The number of ether oxygens (including phenoxy) is 1. The van der Waals surface area contributed by atoms with Crippen LogP contribution in [0.15, 0.2) is 48.5 Å². The van der Waals surface area contributed by atoms with E-state index in [-0.39, 0.29) is 5.57 Å². The number of hydrogen-bond donors (Lipinski definition) is 0. The number of nitriles is 2. The predicted octanol–water partition coefficient (Wildman–Crippen LogP) is 1.72. The van der Waals surface area contributed by atoms with E-state index in [2.05, 4.69) is 0 Å². The largest absolute Gasteiger partial charge is 0.497 e. The number of hydrogen-bond acceptors (Lipinski definition) is 3. The van der Waals surface area contributed by atoms with Gasteiger partial charge in [-0.25, -0.2) is 0 Å². The third-order valence-corrected chi connectivity index (χ3v) is 2.87. The molecule has 2 aromatic rings. The van der Waals surface area contributed by atoms with E-state index in [1.807, 2.05) is 54.6 Å². The van der Waals surface area contributed by atoms with E-state index in [0.29, 0.717) is 5.22 Å². The van der Waals surface area contributed by atoms with Crippen molar-refractivity contribution in [3.05, 3.63) is 64.5 Å². The van der Waals surface area contributed by atoms with Gasteiger partial charge in [-0.1, -0.05) is 36.4 Å². The van der Waals surface area contributed by atoms with Crippen LogP contribution < -0.4 is 15.2 Å². The fraction of sp³-hybridized carbons (Fsp3) is 0.0588. The van der Waals surface area contributed by atoms with Crippen LogP contribution >= 0.6 is 0 Å². The van der Waals surface area contributed by atoms with Gasteiger partial charge in [-0.2, -0.15) is 10.5 Å². The fourth-order valence-corrected chi connectivity index (χ4v) is 1.79. The monoisotopic (exact) mass is 260 g/mol. The Morgan fingerprint density at radius 2 is 1.55 bits per heavy atom. The van der Waals surface area contributed by atoms with Gasteiger partial charge in [-0.05, 0) is 29.0 Å². The molecule has 0 N–H and O–H groups in total. The Morgan fingerprint density at radius 1 is 0.950 bits per heavy atom. The molecule has 0 unspecified atom stereocenters. The van der Waals surface area contributed by atoms with Gasteiger partial charge in [0.1, 0.15) is 23.5 Å². The summed E-state index contributed by atoms with van der Waals surface area (Å²) in [5.74, 6) is 0.819. The van der Waals surface area contributed by atoms with Crippen molar-refractivity contribution in [1.29, 1.82) is 10.5 Å². The predicted molar refractivity (Wildman–Crippen MR) is 76.9 cm³/mol. The highest BCUT2D eigenvalue weighted by atomic mass is 16.5. The number of benzene rings is 2. The average molecular weight is 260 g/mol. The molecule has 0 aliphatic carbocycles. The van der Waals surface area contributed by atoms with Crippen molar-refractivity contribution in [3.63, 3.8) is 0 Å². The Labute approximate surface area is 117 Å². The van der Waals surface area contributed by atoms with Crippen molar-refractivity contribution < 1.29 is 4.74 Å². The van der Waals surface area contributed by atoms with Gasteiger partial charge in [-0.3, -0.25) is 0 Å². The molecule has 0 aliphatic heterocycles. The molecule has 0 aliphatic rings. The zero-order valence-corrected chi connectivity index (χ0v) is 11.0. The summed E-state index contributed by atoms with van der Waals surface area (Å²) in [5, 5.41) is 19.3. The van der Waals surface area contributed by atoms with E-state index in [1.165, 1.54) is 0 Å². The summed E-state index contributed by atoms with van der Waals surface area (Å²) in [5.41, 5.74) is 1.18. The normalized spacial score (nSPS) is 9.15. The third-order valence-electron chi connectivity index (χ3n) is 2.87. The first-order valence-electron chi connectivity index (χ1n) is 6.03. The molecule has 96 valence electrons. The Bertz CT molecular complexity index is 767. The molecule has 0 spiro atoms. The van der Waals surface area contributed by atoms with Crippen molar-refractivity contribution >= 4 is 11.6 Å². The lowest BCUT2D eigenvalue weighted by Crippen LogP contribution is -2.09. The molecule has 0 radical (unpaired) electrons. The molecule has 2 rings (SSSR count). The lowest BCUT2D eigenvalue weighted by atomic mass is 10.1. The minimum absolute atomic E-state index is 0.126. The van der Waals surface area contributed by atoms with E-state index >= 15 is 0 Å². The second-order valence-corrected chi connectivity index (χ2v) is 4.14. The number of nitrogens with zero attached hydrogens (tertiary/aromatic N) is 2. The molecular weight excluding hydrogens is 248 g/mol. The Balaban J connectivity index is 2.39. The molecule has 0 aromatic heterocycles. The molecule has 3 nitrogen and oxygen atoms in total. The first kappa shape index (κ1) is 13.4. The van der Waals surface area contributed by atoms with Gasteiger partial charge in [-0.15, -0.1) is 0 Å². The maximum atomic E-state index is 8.80. The maximum Gasteiger partial charge on any atom is 0.136 e. The van der Waals surface area contributed by atoms with E-state index < -0.39 is 0 Å². The molecule has 0 heterocycles. The van der Waals surface area contributed by atoms with Crippen molar-refractivity contribution in [3.8, 4) is 17.9 Å². The summed E-state index contributed by atoms with van der Waals surface area (Å²) in [4.78, 5) is 0. The zero-order chi connectivity index (χ0) is 14.4. The molecule has 0 saturated heterocycles. The van der Waals surface area contributed by atoms with E-state index in [0.717, 1.165) is 16.5 Å². The van der Waals surface area contributed by atoms with Gasteiger partial charge in [0.15, 0.2) is 0 Å². The van der Waals surface area contributed by atoms with E-state index in [1.54, 1.807) is 19.2 Å². The van der Waals surface area contributed by atoms with Crippen LogP contribution in [-0.4, -0.2) is 7.11 Å². The summed E-state index contributed by atoms with van der Waals surface area (Å²) < 4.78 is 5.11. The molecule has 20 heavy (non-hydrogen) atoms. The zero-order valence-electron chi connectivity index (χ0n) is 11.0. The molecule has 0 amide bonds. The minimum Gasteiger partial charge on any atom is -0.497 e. The van der Waals surface area contributed by atoms with Crippen LogP contribution in [0.3, 0.4) is 0 Å². The van der Waals surface area contributed by atoms with Crippen LogP contribution in [0, 0.1) is 22.7 Å². The fourth-order valence-electron chi connectivity index (χ4n) is 1.79. The molecular formula is C17H12N2O. The van der Waals surface area contributed by atoms with Crippen molar-refractivity contribution in [2.75, 3.05) is 7.11 Å². The summed E-state index contributed by atoms with van der Waals surface area (Å²) in [6.45, 7) is 0. The molecule has 2 aromatic carbocycles. The highest BCUT2D eigenvalue weighted by Gasteiger charge is 1.93. The lowest BCUT2D eigenvalue weighted by Gasteiger charge is -1.99.